The molecule has 0 saturated carbocycles. The number of nitrogens with zero attached hydrogens (tertiary/aromatic N) is 2. The molecule has 1 aliphatic heterocycles. The lowest BCUT2D eigenvalue weighted by Gasteiger charge is -2.34. The van der Waals surface area contributed by atoms with Crippen LogP contribution in [0.3, 0.4) is 0 Å². The third kappa shape index (κ3) is 3.22. The molecule has 0 spiro atoms. The highest BCUT2D eigenvalue weighted by molar-refractivity contribution is 5.94. The second-order valence-corrected chi connectivity index (χ2v) is 5.95. The maximum Gasteiger partial charge on any atom is 0.253 e. The van der Waals surface area contributed by atoms with E-state index >= 15 is 0 Å². The van der Waals surface area contributed by atoms with Crippen LogP contribution in [0.15, 0.2) is 41.0 Å². The third-order valence-corrected chi connectivity index (χ3v) is 4.37. The Labute approximate surface area is 131 Å². The Morgan fingerprint density at radius 1 is 1.09 bits per heavy atom. The second kappa shape index (κ2) is 6.36. The molecule has 1 amide bonds. The van der Waals surface area contributed by atoms with Crippen molar-refractivity contribution in [3.8, 4) is 0 Å². The van der Waals surface area contributed by atoms with Gasteiger partial charge in [-0.1, -0.05) is 6.07 Å². The predicted molar refractivity (Wildman–Crippen MR) is 85.8 cm³/mol. The number of hydrogen-bond acceptors (Lipinski definition) is 3. The van der Waals surface area contributed by atoms with E-state index in [4.69, 9.17) is 4.42 Å². The van der Waals surface area contributed by atoms with Gasteiger partial charge in [-0.25, -0.2) is 0 Å². The highest BCUT2D eigenvalue weighted by Gasteiger charge is 2.22. The molecule has 0 aliphatic carbocycles. The Morgan fingerprint density at radius 2 is 1.86 bits per heavy atom. The Balaban J connectivity index is 1.58. The first kappa shape index (κ1) is 14.9. The van der Waals surface area contributed by atoms with E-state index in [0.29, 0.717) is 0 Å². The number of amides is 1. The molecule has 3 rings (SSSR count). The van der Waals surface area contributed by atoms with Crippen molar-refractivity contribution in [3.63, 3.8) is 0 Å². The molecule has 1 aromatic carbocycles. The highest BCUT2D eigenvalue weighted by atomic mass is 16.3. The third-order valence-electron chi connectivity index (χ3n) is 4.37. The molecule has 1 aromatic heterocycles. The van der Waals surface area contributed by atoms with E-state index in [9.17, 15) is 4.79 Å². The summed E-state index contributed by atoms with van der Waals surface area (Å²) in [5.74, 6) is 1.12. The van der Waals surface area contributed by atoms with Gasteiger partial charge in [-0.3, -0.25) is 9.69 Å². The van der Waals surface area contributed by atoms with E-state index < -0.39 is 0 Å². The van der Waals surface area contributed by atoms with Gasteiger partial charge >= 0.3 is 0 Å². The van der Waals surface area contributed by atoms with Crippen LogP contribution in [0.2, 0.25) is 0 Å². The predicted octanol–water partition coefficient (Wildman–Crippen LogP) is 2.85. The molecular weight excluding hydrogens is 276 g/mol. The Morgan fingerprint density at radius 3 is 2.50 bits per heavy atom. The molecule has 1 aliphatic rings. The van der Waals surface area contributed by atoms with Gasteiger partial charge in [0.15, 0.2) is 0 Å². The molecule has 22 heavy (non-hydrogen) atoms. The summed E-state index contributed by atoms with van der Waals surface area (Å²) in [6.45, 7) is 8.25. The number of piperazine rings is 1. The zero-order chi connectivity index (χ0) is 15.5. The fourth-order valence-electron chi connectivity index (χ4n) is 2.79. The van der Waals surface area contributed by atoms with E-state index in [2.05, 4.69) is 11.8 Å². The summed E-state index contributed by atoms with van der Waals surface area (Å²) in [6.07, 6.45) is 1.70. The van der Waals surface area contributed by atoms with E-state index in [0.717, 1.165) is 44.0 Å². The lowest BCUT2D eigenvalue weighted by Crippen LogP contribution is -2.48. The van der Waals surface area contributed by atoms with Crippen molar-refractivity contribution >= 4 is 5.91 Å². The van der Waals surface area contributed by atoms with E-state index in [1.54, 1.807) is 6.26 Å². The smallest absolute Gasteiger partial charge is 0.253 e. The number of hydrogen-bond donors (Lipinski definition) is 0. The molecular formula is C18H22N2O2. The number of furan rings is 1. The van der Waals surface area contributed by atoms with Crippen LogP contribution in [0.25, 0.3) is 0 Å². The highest BCUT2D eigenvalue weighted by Crippen LogP contribution is 2.14. The Hall–Kier alpha value is -2.07. The number of carbonyl (C=O) groups excluding carboxylic acids is 1. The summed E-state index contributed by atoms with van der Waals surface area (Å²) in [4.78, 5) is 16.8. The zero-order valence-corrected chi connectivity index (χ0v) is 13.2. The first-order valence-corrected chi connectivity index (χ1v) is 7.75. The van der Waals surface area contributed by atoms with E-state index in [-0.39, 0.29) is 5.91 Å². The van der Waals surface area contributed by atoms with Crippen molar-refractivity contribution in [3.05, 3.63) is 59.0 Å². The maximum absolute atomic E-state index is 12.6. The molecule has 0 bridgehead atoms. The minimum absolute atomic E-state index is 0.140. The topological polar surface area (TPSA) is 36.7 Å². The standard InChI is InChI=1S/C18H22N2O2/c1-14-5-6-16(12-15(14)2)18(21)20-9-7-19(8-10-20)13-17-4-3-11-22-17/h3-6,11-12H,7-10,13H2,1-2H3. The van der Waals surface area contributed by atoms with Gasteiger partial charge in [-0.2, -0.15) is 0 Å². The Kier molecular flexibility index (Phi) is 4.29. The maximum atomic E-state index is 12.6. The van der Waals surface area contributed by atoms with Gasteiger partial charge in [0, 0.05) is 31.7 Å². The summed E-state index contributed by atoms with van der Waals surface area (Å²) in [6, 6.07) is 9.85. The summed E-state index contributed by atoms with van der Waals surface area (Å²) >= 11 is 0. The second-order valence-electron chi connectivity index (χ2n) is 5.95. The summed E-state index contributed by atoms with van der Waals surface area (Å²) in [7, 11) is 0. The number of aryl methyl sites for hydroxylation is 2. The average Bonchev–Trinajstić information content (AvgIpc) is 3.03. The monoisotopic (exact) mass is 298 g/mol. The van der Waals surface area contributed by atoms with Gasteiger partial charge in [-0.15, -0.1) is 0 Å². The van der Waals surface area contributed by atoms with Gasteiger partial charge in [0.05, 0.1) is 12.8 Å². The van der Waals surface area contributed by atoms with Gasteiger partial charge in [0.1, 0.15) is 5.76 Å². The lowest BCUT2D eigenvalue weighted by atomic mass is 10.1. The SMILES string of the molecule is Cc1ccc(C(=O)N2CCN(Cc3ccco3)CC2)cc1C. The van der Waals surface area contributed by atoms with Crippen LogP contribution in [0.4, 0.5) is 0 Å². The van der Waals surface area contributed by atoms with Crippen molar-refractivity contribution in [2.45, 2.75) is 20.4 Å². The molecule has 2 aromatic rings. The van der Waals surface area contributed by atoms with Crippen LogP contribution in [0.5, 0.6) is 0 Å². The van der Waals surface area contributed by atoms with Crippen LogP contribution in [0, 0.1) is 13.8 Å². The minimum atomic E-state index is 0.140. The van der Waals surface area contributed by atoms with E-state index in [1.165, 1.54) is 11.1 Å². The van der Waals surface area contributed by atoms with Crippen molar-refractivity contribution in [2.24, 2.45) is 0 Å². The number of rotatable bonds is 3. The number of benzene rings is 1. The first-order chi connectivity index (χ1) is 10.6. The van der Waals surface area contributed by atoms with Crippen molar-refractivity contribution in [1.82, 2.24) is 9.80 Å². The normalized spacial score (nSPS) is 16.0. The van der Waals surface area contributed by atoms with Crippen molar-refractivity contribution < 1.29 is 9.21 Å². The molecule has 0 unspecified atom stereocenters. The summed E-state index contributed by atoms with van der Waals surface area (Å²) in [5, 5.41) is 0. The zero-order valence-electron chi connectivity index (χ0n) is 13.2. The average molecular weight is 298 g/mol. The molecule has 0 N–H and O–H groups in total. The fourth-order valence-corrected chi connectivity index (χ4v) is 2.79. The first-order valence-electron chi connectivity index (χ1n) is 7.75. The van der Waals surface area contributed by atoms with Crippen LogP contribution >= 0.6 is 0 Å². The molecule has 4 nitrogen and oxygen atoms in total. The van der Waals surface area contributed by atoms with Crippen LogP contribution in [-0.2, 0) is 6.54 Å². The minimum Gasteiger partial charge on any atom is -0.468 e. The lowest BCUT2D eigenvalue weighted by molar-refractivity contribution is 0.0620. The fraction of sp³-hybridized carbons (Fsp3) is 0.389. The van der Waals surface area contributed by atoms with Crippen LogP contribution in [-0.4, -0.2) is 41.9 Å². The molecule has 116 valence electrons. The molecule has 1 fully saturated rings. The van der Waals surface area contributed by atoms with Gasteiger partial charge < -0.3 is 9.32 Å². The number of carbonyl (C=O) groups is 1. The van der Waals surface area contributed by atoms with Crippen LogP contribution in [0.1, 0.15) is 27.2 Å². The summed E-state index contributed by atoms with van der Waals surface area (Å²) in [5.41, 5.74) is 3.18. The van der Waals surface area contributed by atoms with Crippen LogP contribution < -0.4 is 0 Å². The van der Waals surface area contributed by atoms with Crippen molar-refractivity contribution in [2.75, 3.05) is 26.2 Å². The van der Waals surface area contributed by atoms with Gasteiger partial charge in [0.2, 0.25) is 0 Å². The molecule has 0 radical (unpaired) electrons. The quantitative estimate of drug-likeness (QED) is 0.874. The molecule has 2 heterocycles. The molecule has 1 saturated heterocycles. The van der Waals surface area contributed by atoms with Gasteiger partial charge in [-0.05, 0) is 49.2 Å². The van der Waals surface area contributed by atoms with Gasteiger partial charge in [0.25, 0.3) is 5.91 Å². The largest absolute Gasteiger partial charge is 0.468 e. The molecule has 0 atom stereocenters. The van der Waals surface area contributed by atoms with Crippen molar-refractivity contribution in [1.29, 1.82) is 0 Å². The molecule has 4 heteroatoms. The Bertz CT molecular complexity index is 641. The van der Waals surface area contributed by atoms with E-state index in [1.807, 2.05) is 42.2 Å². The summed E-state index contributed by atoms with van der Waals surface area (Å²) < 4.78 is 5.38.